The molecule has 100 valence electrons. The molecular weight excluding hydrogens is 234 g/mol. The van der Waals surface area contributed by atoms with Gasteiger partial charge in [0.1, 0.15) is 11.5 Å². The smallest absolute Gasteiger partial charge is 0.124 e. The minimum absolute atomic E-state index is 0.344. The second-order valence-electron chi connectivity index (χ2n) is 4.27. The molecule has 1 atom stereocenters. The van der Waals surface area contributed by atoms with Gasteiger partial charge in [-0.25, -0.2) is 0 Å². The van der Waals surface area contributed by atoms with Gasteiger partial charge < -0.3 is 24.6 Å². The van der Waals surface area contributed by atoms with Gasteiger partial charge in [0, 0.05) is 12.1 Å². The summed E-state index contributed by atoms with van der Waals surface area (Å²) in [7, 11) is 3.19. The van der Waals surface area contributed by atoms with Crippen molar-refractivity contribution in [3.05, 3.63) is 23.8 Å². The van der Waals surface area contributed by atoms with Gasteiger partial charge in [0.15, 0.2) is 0 Å². The summed E-state index contributed by atoms with van der Waals surface area (Å²) >= 11 is 0. The van der Waals surface area contributed by atoms with E-state index in [2.05, 4.69) is 5.32 Å². The molecule has 1 heterocycles. The van der Waals surface area contributed by atoms with E-state index in [1.165, 1.54) is 0 Å². The normalized spacial score (nSPS) is 17.1. The fourth-order valence-corrected chi connectivity index (χ4v) is 1.84. The highest BCUT2D eigenvalue weighted by Gasteiger charge is 2.20. The highest BCUT2D eigenvalue weighted by atomic mass is 16.5. The van der Waals surface area contributed by atoms with Gasteiger partial charge in [0.05, 0.1) is 39.6 Å². The van der Waals surface area contributed by atoms with E-state index in [1.807, 2.05) is 6.07 Å². The van der Waals surface area contributed by atoms with E-state index in [1.54, 1.807) is 26.4 Å². The highest BCUT2D eigenvalue weighted by molar-refractivity contribution is 5.41. The standard InChI is InChI=1S/C13H19NO4/c1-16-10-3-4-13(17-2)11(5-10)12(15)6-14-9-7-18-8-9/h3-5,9,12,14-15H,6-8H2,1-2H3. The van der Waals surface area contributed by atoms with Crippen LogP contribution < -0.4 is 14.8 Å². The molecule has 1 aromatic rings. The highest BCUT2D eigenvalue weighted by Crippen LogP contribution is 2.29. The lowest BCUT2D eigenvalue weighted by Gasteiger charge is -2.28. The zero-order valence-corrected chi connectivity index (χ0v) is 10.7. The second-order valence-corrected chi connectivity index (χ2v) is 4.27. The van der Waals surface area contributed by atoms with E-state index in [0.717, 1.165) is 5.56 Å². The SMILES string of the molecule is COc1ccc(OC)c(C(O)CNC2COC2)c1. The quantitative estimate of drug-likeness (QED) is 0.782. The number of ether oxygens (including phenoxy) is 3. The van der Waals surface area contributed by atoms with Crippen LogP contribution in [0.5, 0.6) is 11.5 Å². The van der Waals surface area contributed by atoms with Crippen molar-refractivity contribution >= 4 is 0 Å². The summed E-state index contributed by atoms with van der Waals surface area (Å²) in [6, 6.07) is 5.74. The summed E-state index contributed by atoms with van der Waals surface area (Å²) in [5.41, 5.74) is 0.726. The van der Waals surface area contributed by atoms with Crippen LogP contribution in [0.4, 0.5) is 0 Å². The third kappa shape index (κ3) is 2.93. The molecule has 1 saturated heterocycles. The lowest BCUT2D eigenvalue weighted by molar-refractivity contribution is -0.00989. The molecule has 1 aliphatic heterocycles. The van der Waals surface area contributed by atoms with Crippen LogP contribution in [-0.2, 0) is 4.74 Å². The van der Waals surface area contributed by atoms with Crippen LogP contribution in [0.2, 0.25) is 0 Å². The van der Waals surface area contributed by atoms with Crippen LogP contribution >= 0.6 is 0 Å². The van der Waals surface area contributed by atoms with Crippen molar-refractivity contribution in [1.82, 2.24) is 5.32 Å². The molecule has 1 fully saturated rings. The Kier molecular flexibility index (Phi) is 4.41. The molecule has 1 unspecified atom stereocenters. The van der Waals surface area contributed by atoms with E-state index < -0.39 is 6.10 Å². The van der Waals surface area contributed by atoms with Gasteiger partial charge in [0.25, 0.3) is 0 Å². The molecule has 0 radical (unpaired) electrons. The number of methoxy groups -OCH3 is 2. The first-order valence-electron chi connectivity index (χ1n) is 5.95. The number of hydrogen-bond donors (Lipinski definition) is 2. The lowest BCUT2D eigenvalue weighted by atomic mass is 10.1. The first kappa shape index (κ1) is 13.1. The monoisotopic (exact) mass is 253 g/mol. The zero-order chi connectivity index (χ0) is 13.0. The molecule has 5 heteroatoms. The van der Waals surface area contributed by atoms with Gasteiger partial charge in [-0.1, -0.05) is 0 Å². The summed E-state index contributed by atoms with van der Waals surface area (Å²) in [6.45, 7) is 1.89. The fourth-order valence-electron chi connectivity index (χ4n) is 1.84. The fraction of sp³-hybridized carbons (Fsp3) is 0.538. The maximum absolute atomic E-state index is 10.2. The predicted octanol–water partition coefficient (Wildman–Crippen LogP) is 0.726. The molecule has 0 aliphatic carbocycles. The van der Waals surface area contributed by atoms with E-state index in [4.69, 9.17) is 14.2 Å². The van der Waals surface area contributed by atoms with Crippen molar-refractivity contribution < 1.29 is 19.3 Å². The van der Waals surface area contributed by atoms with Crippen LogP contribution in [0.1, 0.15) is 11.7 Å². The molecule has 0 bridgehead atoms. The van der Waals surface area contributed by atoms with Crippen LogP contribution in [0.3, 0.4) is 0 Å². The Bertz CT molecular complexity index is 393. The molecule has 0 aromatic heterocycles. The number of nitrogens with one attached hydrogen (secondary N) is 1. The first-order valence-corrected chi connectivity index (χ1v) is 5.95. The van der Waals surface area contributed by atoms with E-state index in [-0.39, 0.29) is 0 Å². The topological polar surface area (TPSA) is 60.0 Å². The molecule has 0 saturated carbocycles. The summed E-state index contributed by atoms with van der Waals surface area (Å²) in [5, 5.41) is 13.4. The molecule has 2 rings (SSSR count). The van der Waals surface area contributed by atoms with Crippen molar-refractivity contribution in [3.63, 3.8) is 0 Å². The van der Waals surface area contributed by atoms with Crippen LogP contribution in [0, 0.1) is 0 Å². The number of aliphatic hydroxyl groups is 1. The number of benzene rings is 1. The summed E-state index contributed by atoms with van der Waals surface area (Å²) in [6.07, 6.45) is -0.629. The van der Waals surface area contributed by atoms with E-state index in [9.17, 15) is 5.11 Å². The molecule has 5 nitrogen and oxygen atoms in total. The van der Waals surface area contributed by atoms with Gasteiger partial charge in [-0.3, -0.25) is 0 Å². The maximum atomic E-state index is 10.2. The number of hydrogen-bond acceptors (Lipinski definition) is 5. The molecule has 18 heavy (non-hydrogen) atoms. The number of aliphatic hydroxyl groups excluding tert-OH is 1. The van der Waals surface area contributed by atoms with Gasteiger partial charge in [-0.2, -0.15) is 0 Å². The van der Waals surface area contributed by atoms with Crippen molar-refractivity contribution in [3.8, 4) is 11.5 Å². The van der Waals surface area contributed by atoms with Crippen LogP contribution in [0.15, 0.2) is 18.2 Å². The molecule has 1 aliphatic rings. The first-order chi connectivity index (χ1) is 8.74. The molecular formula is C13H19NO4. The third-order valence-corrected chi connectivity index (χ3v) is 3.03. The summed E-state index contributed by atoms with van der Waals surface area (Å²) in [4.78, 5) is 0. The molecule has 0 spiro atoms. The minimum Gasteiger partial charge on any atom is -0.497 e. The van der Waals surface area contributed by atoms with E-state index in [0.29, 0.717) is 37.3 Å². The summed E-state index contributed by atoms with van der Waals surface area (Å²) < 4.78 is 15.5. The third-order valence-electron chi connectivity index (χ3n) is 3.03. The largest absolute Gasteiger partial charge is 0.497 e. The zero-order valence-electron chi connectivity index (χ0n) is 10.7. The molecule has 1 aromatic carbocycles. The Morgan fingerprint density at radius 1 is 1.39 bits per heavy atom. The Hall–Kier alpha value is -1.30. The van der Waals surface area contributed by atoms with Gasteiger partial charge in [-0.15, -0.1) is 0 Å². The van der Waals surface area contributed by atoms with Crippen molar-refractivity contribution in [2.75, 3.05) is 34.0 Å². The lowest BCUT2D eigenvalue weighted by Crippen LogP contribution is -2.47. The van der Waals surface area contributed by atoms with E-state index >= 15 is 0 Å². The van der Waals surface area contributed by atoms with Gasteiger partial charge >= 0.3 is 0 Å². The average Bonchev–Trinajstić information content (AvgIpc) is 2.35. The summed E-state index contributed by atoms with van der Waals surface area (Å²) in [5.74, 6) is 1.37. The average molecular weight is 253 g/mol. The van der Waals surface area contributed by atoms with Crippen molar-refractivity contribution in [2.24, 2.45) is 0 Å². The van der Waals surface area contributed by atoms with Crippen LogP contribution in [-0.4, -0.2) is 45.1 Å². The second kappa shape index (κ2) is 6.04. The molecule has 2 N–H and O–H groups in total. The van der Waals surface area contributed by atoms with Crippen molar-refractivity contribution in [1.29, 1.82) is 0 Å². The Morgan fingerprint density at radius 2 is 2.17 bits per heavy atom. The van der Waals surface area contributed by atoms with Gasteiger partial charge in [-0.05, 0) is 18.2 Å². The van der Waals surface area contributed by atoms with Crippen molar-refractivity contribution in [2.45, 2.75) is 12.1 Å². The Balaban J connectivity index is 2.03. The number of rotatable bonds is 6. The minimum atomic E-state index is -0.629. The maximum Gasteiger partial charge on any atom is 0.124 e. The molecule has 0 amide bonds. The van der Waals surface area contributed by atoms with Gasteiger partial charge in [0.2, 0.25) is 0 Å². The Labute approximate surface area is 107 Å². The predicted molar refractivity (Wildman–Crippen MR) is 67.1 cm³/mol. The van der Waals surface area contributed by atoms with Crippen LogP contribution in [0.25, 0.3) is 0 Å². The Morgan fingerprint density at radius 3 is 2.72 bits per heavy atom.